The van der Waals surface area contributed by atoms with Crippen molar-refractivity contribution in [1.82, 2.24) is 37.4 Å². The van der Waals surface area contributed by atoms with Gasteiger partial charge in [-0.15, -0.1) is 0 Å². The molecule has 16 aromatic rings. The first-order valence-electron chi connectivity index (χ1n) is 24.9. The van der Waals surface area contributed by atoms with E-state index < -0.39 is 0 Å². The highest BCUT2D eigenvalue weighted by atomic mass is 16.1. The molecular formula is C65H40N8O. The van der Waals surface area contributed by atoms with Crippen LogP contribution in [0.3, 0.4) is 0 Å². The number of fused-ring (bicyclic) bond motifs is 13. The quantitative estimate of drug-likeness (QED) is 0.167. The van der Waals surface area contributed by atoms with Crippen LogP contribution in [0.5, 0.6) is 0 Å². The Morgan fingerprint density at radius 2 is 0.392 bits per heavy atom. The Kier molecular flexibility index (Phi) is 8.41. The summed E-state index contributed by atoms with van der Waals surface area (Å²) < 4.78 is 12.6. The van der Waals surface area contributed by atoms with E-state index in [1.165, 1.54) is 0 Å². The Hall–Kier alpha value is -10.3. The van der Waals surface area contributed by atoms with Crippen molar-refractivity contribution in [2.45, 2.75) is 0 Å². The number of benzene rings is 9. The Morgan fingerprint density at radius 3 is 0.595 bits per heavy atom. The molecule has 0 N–H and O–H groups in total. The monoisotopic (exact) mass is 948 g/mol. The minimum atomic E-state index is -0.230. The molecule has 0 atom stereocenters. The minimum absolute atomic E-state index is 0.230. The molecule has 7 aromatic heterocycles. The standard InChI is InChI=1S/C65H40N8O/c74-65-68(41-37-61(70-51-27-9-1-19-43(51)44-20-2-10-28-52(44)70)66-62(38-41)71-53-29-11-3-21-45(53)46-22-4-12-30-54(46)71)59-35-17-18-36-60(59)69(65)42-39-63(72-55-31-13-5-23-47(55)48-24-6-14-32-56(48)72)67-64(40-42)73-57-33-15-7-25-49(57)50-26-8-16-34-58(50)73/h1-40H. The fourth-order valence-electron chi connectivity index (χ4n) is 12.0. The maximum absolute atomic E-state index is 16.2. The lowest BCUT2D eigenvalue weighted by atomic mass is 10.2. The topological polar surface area (TPSA) is 72.4 Å². The highest BCUT2D eigenvalue weighted by Gasteiger charge is 2.24. The van der Waals surface area contributed by atoms with Gasteiger partial charge in [0.05, 0.1) is 66.5 Å². The molecule has 346 valence electrons. The van der Waals surface area contributed by atoms with Crippen molar-refractivity contribution in [3.63, 3.8) is 0 Å². The molecule has 74 heavy (non-hydrogen) atoms. The summed E-state index contributed by atoms with van der Waals surface area (Å²) in [6.07, 6.45) is 0. The lowest BCUT2D eigenvalue weighted by Gasteiger charge is -2.15. The van der Waals surface area contributed by atoms with Crippen LogP contribution in [0.1, 0.15) is 0 Å². The summed E-state index contributed by atoms with van der Waals surface area (Å²) >= 11 is 0. The van der Waals surface area contributed by atoms with Crippen LogP contribution in [-0.4, -0.2) is 37.4 Å². The smallest absolute Gasteiger partial charge is 0.294 e. The SMILES string of the molecule is O=c1n(-c2cc(-n3c4ccccc4c4ccccc43)nc(-n3c4ccccc4c4ccccc43)c2)c2ccccc2n1-c1cc(-n2c3ccccc3c3ccccc32)nc(-n2c3ccccc3c3ccccc32)c1. The van der Waals surface area contributed by atoms with E-state index in [1.54, 1.807) is 0 Å². The number of pyridine rings is 2. The first kappa shape index (κ1) is 40.5. The molecule has 0 radical (unpaired) electrons. The van der Waals surface area contributed by atoms with Gasteiger partial charge in [-0.3, -0.25) is 27.4 Å². The normalized spacial score (nSPS) is 12.1. The van der Waals surface area contributed by atoms with Crippen molar-refractivity contribution in [3.05, 3.63) is 253 Å². The molecule has 7 heterocycles. The number of hydrogen-bond acceptors (Lipinski definition) is 3. The van der Waals surface area contributed by atoms with Crippen LogP contribution >= 0.6 is 0 Å². The number of para-hydroxylation sites is 10. The third-order valence-electron chi connectivity index (χ3n) is 15.1. The van der Waals surface area contributed by atoms with Crippen LogP contribution in [0.2, 0.25) is 0 Å². The van der Waals surface area contributed by atoms with Crippen molar-refractivity contribution in [2.75, 3.05) is 0 Å². The lowest BCUT2D eigenvalue weighted by Crippen LogP contribution is -2.23. The van der Waals surface area contributed by atoms with Crippen LogP contribution in [0.15, 0.2) is 247 Å². The van der Waals surface area contributed by atoms with Crippen molar-refractivity contribution in [2.24, 2.45) is 0 Å². The average Bonchev–Trinajstić information content (AvgIpc) is 4.24. The molecule has 0 saturated heterocycles. The summed E-state index contributed by atoms with van der Waals surface area (Å²) in [6.45, 7) is 0. The first-order chi connectivity index (χ1) is 36.7. The van der Waals surface area contributed by atoms with Gasteiger partial charge < -0.3 is 0 Å². The molecule has 0 amide bonds. The molecule has 0 bridgehead atoms. The van der Waals surface area contributed by atoms with Gasteiger partial charge in [-0.2, -0.15) is 0 Å². The van der Waals surface area contributed by atoms with Crippen molar-refractivity contribution in [3.8, 4) is 34.6 Å². The molecule has 16 rings (SSSR count). The van der Waals surface area contributed by atoms with Gasteiger partial charge in [-0.05, 0) is 60.7 Å². The van der Waals surface area contributed by atoms with Gasteiger partial charge in [-0.1, -0.05) is 158 Å². The molecule has 0 aliphatic rings. The van der Waals surface area contributed by atoms with Crippen molar-refractivity contribution >= 4 is 98.3 Å². The van der Waals surface area contributed by atoms with Gasteiger partial charge in [-0.25, -0.2) is 14.8 Å². The first-order valence-corrected chi connectivity index (χ1v) is 24.9. The second-order valence-electron chi connectivity index (χ2n) is 19.0. The Balaban J connectivity index is 1.01. The number of imidazole rings is 1. The molecule has 9 aromatic carbocycles. The molecule has 0 unspecified atom stereocenters. The Labute approximate surface area is 421 Å². The maximum Gasteiger partial charge on any atom is 0.338 e. The lowest BCUT2D eigenvalue weighted by molar-refractivity contribution is 0.908. The predicted octanol–water partition coefficient (Wildman–Crippen LogP) is 15.0. The van der Waals surface area contributed by atoms with Gasteiger partial charge in [0.25, 0.3) is 0 Å². The summed E-state index contributed by atoms with van der Waals surface area (Å²) in [7, 11) is 0. The summed E-state index contributed by atoms with van der Waals surface area (Å²) in [5, 5.41) is 8.99. The van der Waals surface area contributed by atoms with Crippen LogP contribution < -0.4 is 5.69 Å². The molecule has 0 fully saturated rings. The van der Waals surface area contributed by atoms with E-state index in [0.29, 0.717) is 34.6 Å². The number of hydrogen-bond donors (Lipinski definition) is 0. The summed E-state index contributed by atoms with van der Waals surface area (Å²) in [5.41, 5.74) is 10.8. The molecule has 0 saturated carbocycles. The molecule has 0 aliphatic carbocycles. The van der Waals surface area contributed by atoms with E-state index in [9.17, 15) is 0 Å². The Bertz CT molecular complexity index is 4280. The van der Waals surface area contributed by atoms with E-state index in [1.807, 2.05) is 33.4 Å². The number of nitrogens with zero attached hydrogens (tertiary/aromatic N) is 8. The summed E-state index contributed by atoms with van der Waals surface area (Å²) in [5.74, 6) is 2.75. The highest BCUT2D eigenvalue weighted by molar-refractivity contribution is 6.12. The van der Waals surface area contributed by atoms with E-state index in [4.69, 9.17) is 9.97 Å². The fraction of sp³-hybridized carbons (Fsp3) is 0. The summed E-state index contributed by atoms with van der Waals surface area (Å²) in [4.78, 5) is 27.4. The van der Waals surface area contributed by atoms with E-state index >= 15 is 4.79 Å². The van der Waals surface area contributed by atoms with Gasteiger partial charge in [0, 0.05) is 67.4 Å². The third-order valence-corrected chi connectivity index (χ3v) is 15.1. The van der Waals surface area contributed by atoms with Gasteiger partial charge in [0.2, 0.25) is 0 Å². The van der Waals surface area contributed by atoms with Gasteiger partial charge >= 0.3 is 5.69 Å². The third kappa shape index (κ3) is 5.65. The van der Waals surface area contributed by atoms with Crippen LogP contribution in [-0.2, 0) is 0 Å². The van der Waals surface area contributed by atoms with E-state index in [-0.39, 0.29) is 5.69 Å². The fourth-order valence-corrected chi connectivity index (χ4v) is 12.0. The van der Waals surface area contributed by atoms with Crippen LogP contribution in [0, 0.1) is 0 Å². The van der Waals surface area contributed by atoms with Crippen molar-refractivity contribution in [1.29, 1.82) is 0 Å². The van der Waals surface area contributed by atoms with Gasteiger partial charge in [0.1, 0.15) is 23.3 Å². The zero-order valence-electron chi connectivity index (χ0n) is 39.6. The maximum atomic E-state index is 16.2. The largest absolute Gasteiger partial charge is 0.338 e. The number of aromatic nitrogens is 8. The highest BCUT2D eigenvalue weighted by Crippen LogP contribution is 2.38. The zero-order valence-corrected chi connectivity index (χ0v) is 39.6. The number of rotatable bonds is 6. The zero-order chi connectivity index (χ0) is 48.6. The minimum Gasteiger partial charge on any atom is -0.294 e. The molecule has 0 aliphatic heterocycles. The van der Waals surface area contributed by atoms with E-state index in [0.717, 1.165) is 98.3 Å². The van der Waals surface area contributed by atoms with E-state index in [2.05, 4.69) is 237 Å². The second-order valence-corrected chi connectivity index (χ2v) is 19.0. The second kappa shape index (κ2) is 15.4. The predicted molar refractivity (Wildman–Crippen MR) is 302 cm³/mol. The average molecular weight is 949 g/mol. The molecule has 9 nitrogen and oxygen atoms in total. The molecule has 0 spiro atoms. The van der Waals surface area contributed by atoms with Gasteiger partial charge in [0.15, 0.2) is 0 Å². The molecular weight excluding hydrogens is 909 g/mol. The Morgan fingerprint density at radius 1 is 0.216 bits per heavy atom. The molecule has 9 heteroatoms. The van der Waals surface area contributed by atoms with Crippen LogP contribution in [0.25, 0.3) is 133 Å². The summed E-state index contributed by atoms with van der Waals surface area (Å²) in [6, 6.07) is 84.1. The van der Waals surface area contributed by atoms with Crippen molar-refractivity contribution < 1.29 is 0 Å². The van der Waals surface area contributed by atoms with Crippen LogP contribution in [0.4, 0.5) is 0 Å².